The van der Waals surface area contributed by atoms with Gasteiger partial charge in [0, 0.05) is 19.5 Å². The van der Waals surface area contributed by atoms with Crippen LogP contribution in [-0.2, 0) is 24.3 Å². The van der Waals surface area contributed by atoms with Crippen molar-refractivity contribution in [2.24, 2.45) is 0 Å². The Balaban J connectivity index is 1.69. The largest absolute Gasteiger partial charge is 0.352 e. The molecule has 0 bridgehead atoms. The third kappa shape index (κ3) is 7.10. The number of hydrogen-bond acceptors (Lipinski definition) is 2. The van der Waals surface area contributed by atoms with E-state index in [1.807, 2.05) is 18.2 Å². The standard InChI is InChI=1S/C22H30N2O/c1-3-24(4-2)18-21-15-13-20(14-16-21)17-23-22(25)12-8-11-19-9-6-5-7-10-19/h5-7,9-10,13-16H,3-4,8,11-12,17-18H2,1-2H3,(H,23,25). The molecule has 0 saturated carbocycles. The number of benzene rings is 2. The first-order chi connectivity index (χ1) is 12.2. The van der Waals surface area contributed by atoms with Gasteiger partial charge in [-0.25, -0.2) is 0 Å². The second kappa shape index (κ2) is 10.7. The average molecular weight is 338 g/mol. The number of amides is 1. The molecule has 3 nitrogen and oxygen atoms in total. The van der Waals surface area contributed by atoms with Gasteiger partial charge in [-0.1, -0.05) is 68.4 Å². The van der Waals surface area contributed by atoms with E-state index in [1.165, 1.54) is 11.1 Å². The predicted molar refractivity (Wildman–Crippen MR) is 104 cm³/mol. The molecular formula is C22H30N2O. The molecule has 0 spiro atoms. The summed E-state index contributed by atoms with van der Waals surface area (Å²) in [6.07, 6.45) is 2.42. The van der Waals surface area contributed by atoms with Crippen molar-refractivity contribution in [3.05, 3.63) is 71.3 Å². The first-order valence-corrected chi connectivity index (χ1v) is 9.32. The van der Waals surface area contributed by atoms with Gasteiger partial charge in [-0.3, -0.25) is 9.69 Å². The molecule has 0 aliphatic rings. The predicted octanol–water partition coefficient (Wildman–Crippen LogP) is 4.17. The molecule has 2 aromatic carbocycles. The van der Waals surface area contributed by atoms with Crippen molar-refractivity contribution < 1.29 is 4.79 Å². The zero-order valence-electron chi connectivity index (χ0n) is 15.5. The van der Waals surface area contributed by atoms with Gasteiger partial charge in [-0.15, -0.1) is 0 Å². The summed E-state index contributed by atoms with van der Waals surface area (Å²) in [6.45, 7) is 8.10. The highest BCUT2D eigenvalue weighted by Gasteiger charge is 2.04. The molecule has 0 fully saturated rings. The van der Waals surface area contributed by atoms with E-state index in [9.17, 15) is 4.79 Å². The van der Waals surface area contributed by atoms with E-state index < -0.39 is 0 Å². The molecule has 0 saturated heterocycles. The summed E-state index contributed by atoms with van der Waals surface area (Å²) in [5, 5.41) is 3.02. The van der Waals surface area contributed by atoms with Crippen LogP contribution in [0.1, 0.15) is 43.4 Å². The van der Waals surface area contributed by atoms with Crippen molar-refractivity contribution in [3.8, 4) is 0 Å². The number of aryl methyl sites for hydroxylation is 1. The molecule has 134 valence electrons. The molecule has 1 amide bonds. The van der Waals surface area contributed by atoms with Gasteiger partial charge >= 0.3 is 0 Å². The minimum atomic E-state index is 0.128. The summed E-state index contributed by atoms with van der Waals surface area (Å²) in [6, 6.07) is 18.9. The molecule has 0 heterocycles. The van der Waals surface area contributed by atoms with E-state index in [0.29, 0.717) is 13.0 Å². The highest BCUT2D eigenvalue weighted by atomic mass is 16.1. The zero-order chi connectivity index (χ0) is 17.9. The van der Waals surface area contributed by atoms with Crippen molar-refractivity contribution in [2.45, 2.75) is 46.2 Å². The SMILES string of the molecule is CCN(CC)Cc1ccc(CNC(=O)CCCc2ccccc2)cc1. The van der Waals surface area contributed by atoms with Gasteiger partial charge in [0.15, 0.2) is 0 Å². The second-order valence-electron chi connectivity index (χ2n) is 6.39. The topological polar surface area (TPSA) is 32.3 Å². The number of carbonyl (C=O) groups is 1. The van der Waals surface area contributed by atoms with E-state index in [2.05, 4.69) is 60.5 Å². The Morgan fingerprint density at radius 2 is 1.52 bits per heavy atom. The fourth-order valence-corrected chi connectivity index (χ4v) is 2.85. The maximum atomic E-state index is 12.0. The van der Waals surface area contributed by atoms with Gasteiger partial charge in [0.1, 0.15) is 0 Å². The lowest BCUT2D eigenvalue weighted by Gasteiger charge is -2.18. The fraction of sp³-hybridized carbons (Fsp3) is 0.409. The Kier molecular flexibility index (Phi) is 8.20. The van der Waals surface area contributed by atoms with Crippen LogP contribution in [0.25, 0.3) is 0 Å². The first kappa shape index (κ1) is 19.2. The quantitative estimate of drug-likeness (QED) is 0.705. The number of rotatable bonds is 10. The normalized spacial score (nSPS) is 10.8. The summed E-state index contributed by atoms with van der Waals surface area (Å²) in [5.74, 6) is 0.128. The van der Waals surface area contributed by atoms with Crippen LogP contribution in [0.5, 0.6) is 0 Å². The number of nitrogens with one attached hydrogen (secondary N) is 1. The minimum Gasteiger partial charge on any atom is -0.352 e. The van der Waals surface area contributed by atoms with Crippen molar-refractivity contribution >= 4 is 5.91 Å². The molecule has 3 heteroatoms. The lowest BCUT2D eigenvalue weighted by Crippen LogP contribution is -2.23. The summed E-state index contributed by atoms with van der Waals surface area (Å²) in [5.41, 5.74) is 3.76. The zero-order valence-corrected chi connectivity index (χ0v) is 15.5. The Labute approximate surface area is 152 Å². The van der Waals surface area contributed by atoms with E-state index in [4.69, 9.17) is 0 Å². The summed E-state index contributed by atoms with van der Waals surface area (Å²) < 4.78 is 0. The van der Waals surface area contributed by atoms with Crippen LogP contribution in [0.15, 0.2) is 54.6 Å². The van der Waals surface area contributed by atoms with E-state index in [-0.39, 0.29) is 5.91 Å². The van der Waals surface area contributed by atoms with Crippen molar-refractivity contribution in [3.63, 3.8) is 0 Å². The van der Waals surface area contributed by atoms with Crippen LogP contribution in [0.3, 0.4) is 0 Å². The Hall–Kier alpha value is -2.13. The molecule has 0 unspecified atom stereocenters. The van der Waals surface area contributed by atoms with Gasteiger partial charge < -0.3 is 5.32 Å². The smallest absolute Gasteiger partial charge is 0.220 e. The molecule has 0 aromatic heterocycles. The molecule has 1 N–H and O–H groups in total. The van der Waals surface area contributed by atoms with Crippen LogP contribution in [0.4, 0.5) is 0 Å². The molecule has 25 heavy (non-hydrogen) atoms. The van der Waals surface area contributed by atoms with Crippen molar-refractivity contribution in [1.29, 1.82) is 0 Å². The molecule has 0 aliphatic carbocycles. The summed E-state index contributed by atoms with van der Waals surface area (Å²) >= 11 is 0. The van der Waals surface area contributed by atoms with Crippen LogP contribution in [0, 0.1) is 0 Å². The Morgan fingerprint density at radius 3 is 2.16 bits per heavy atom. The van der Waals surface area contributed by atoms with E-state index in [1.54, 1.807) is 0 Å². The Bertz CT molecular complexity index is 618. The lowest BCUT2D eigenvalue weighted by atomic mass is 10.1. The highest BCUT2D eigenvalue weighted by Crippen LogP contribution is 2.08. The van der Waals surface area contributed by atoms with Crippen LogP contribution >= 0.6 is 0 Å². The summed E-state index contributed by atoms with van der Waals surface area (Å²) in [4.78, 5) is 14.4. The molecular weight excluding hydrogens is 308 g/mol. The van der Waals surface area contributed by atoms with E-state index in [0.717, 1.165) is 38.0 Å². The minimum absolute atomic E-state index is 0.128. The molecule has 2 rings (SSSR count). The van der Waals surface area contributed by atoms with Crippen LogP contribution in [0.2, 0.25) is 0 Å². The number of hydrogen-bond donors (Lipinski definition) is 1. The third-order valence-electron chi connectivity index (χ3n) is 4.53. The number of carbonyl (C=O) groups excluding carboxylic acids is 1. The molecule has 0 radical (unpaired) electrons. The van der Waals surface area contributed by atoms with E-state index >= 15 is 0 Å². The molecule has 0 atom stereocenters. The summed E-state index contributed by atoms with van der Waals surface area (Å²) in [7, 11) is 0. The van der Waals surface area contributed by atoms with Gasteiger partial charge in [0.05, 0.1) is 0 Å². The monoisotopic (exact) mass is 338 g/mol. The van der Waals surface area contributed by atoms with Crippen molar-refractivity contribution in [2.75, 3.05) is 13.1 Å². The molecule has 2 aromatic rings. The average Bonchev–Trinajstić information content (AvgIpc) is 2.66. The fourth-order valence-electron chi connectivity index (χ4n) is 2.85. The first-order valence-electron chi connectivity index (χ1n) is 9.32. The molecule has 0 aliphatic heterocycles. The lowest BCUT2D eigenvalue weighted by molar-refractivity contribution is -0.121. The van der Waals surface area contributed by atoms with Gasteiger partial charge in [-0.2, -0.15) is 0 Å². The van der Waals surface area contributed by atoms with Crippen molar-refractivity contribution in [1.82, 2.24) is 10.2 Å². The van der Waals surface area contributed by atoms with Gasteiger partial charge in [0.25, 0.3) is 0 Å². The maximum absolute atomic E-state index is 12.0. The maximum Gasteiger partial charge on any atom is 0.220 e. The van der Waals surface area contributed by atoms with Crippen LogP contribution in [-0.4, -0.2) is 23.9 Å². The van der Waals surface area contributed by atoms with Crippen LogP contribution < -0.4 is 5.32 Å². The van der Waals surface area contributed by atoms with Gasteiger partial charge in [-0.05, 0) is 42.6 Å². The Morgan fingerprint density at radius 1 is 0.880 bits per heavy atom. The number of nitrogens with zero attached hydrogens (tertiary/aromatic N) is 1. The van der Waals surface area contributed by atoms with Gasteiger partial charge in [0.2, 0.25) is 5.91 Å². The highest BCUT2D eigenvalue weighted by molar-refractivity contribution is 5.75. The second-order valence-corrected chi connectivity index (χ2v) is 6.39. The third-order valence-corrected chi connectivity index (χ3v) is 4.53.